The number of aryl methyl sites for hydroxylation is 1. The maximum Gasteiger partial charge on any atom is 0.240 e. The van der Waals surface area contributed by atoms with Gasteiger partial charge in [-0.3, -0.25) is 0 Å². The van der Waals surface area contributed by atoms with Crippen LogP contribution in [0.25, 0.3) is 0 Å². The zero-order valence-electron chi connectivity index (χ0n) is 12.7. The molecule has 1 saturated carbocycles. The fourth-order valence-electron chi connectivity index (χ4n) is 3.19. The molecule has 1 unspecified atom stereocenters. The molecule has 116 valence electrons. The average Bonchev–Trinajstić information content (AvgIpc) is 2.96. The first-order valence-corrected chi connectivity index (χ1v) is 9.18. The molecule has 0 aromatic heterocycles. The lowest BCUT2D eigenvalue weighted by molar-refractivity contribution is 0.525. The SMILES string of the molecule is Cc1ccc(S(=O)(=O)N[C@@H]2CCCC2c2ccccc2)cc1. The van der Waals surface area contributed by atoms with E-state index < -0.39 is 10.0 Å². The van der Waals surface area contributed by atoms with Gasteiger partial charge in [0.1, 0.15) is 0 Å². The van der Waals surface area contributed by atoms with Crippen molar-refractivity contribution < 1.29 is 8.42 Å². The molecule has 0 aliphatic heterocycles. The number of hydrogen-bond donors (Lipinski definition) is 1. The molecule has 1 N–H and O–H groups in total. The number of rotatable bonds is 4. The van der Waals surface area contributed by atoms with Crippen molar-refractivity contribution in [2.24, 2.45) is 0 Å². The zero-order chi connectivity index (χ0) is 15.6. The molecule has 3 nitrogen and oxygen atoms in total. The van der Waals surface area contributed by atoms with Crippen LogP contribution in [-0.2, 0) is 10.0 Å². The molecule has 2 aromatic rings. The summed E-state index contributed by atoms with van der Waals surface area (Å²) in [6.45, 7) is 1.95. The van der Waals surface area contributed by atoms with Gasteiger partial charge in [-0.2, -0.15) is 0 Å². The maximum absolute atomic E-state index is 12.6. The minimum atomic E-state index is -3.45. The summed E-state index contributed by atoms with van der Waals surface area (Å²) in [7, 11) is -3.45. The van der Waals surface area contributed by atoms with E-state index in [-0.39, 0.29) is 12.0 Å². The first-order chi connectivity index (χ1) is 10.6. The van der Waals surface area contributed by atoms with Crippen LogP contribution in [0.5, 0.6) is 0 Å². The van der Waals surface area contributed by atoms with Crippen LogP contribution in [0.15, 0.2) is 59.5 Å². The summed E-state index contributed by atoms with van der Waals surface area (Å²) in [5.74, 6) is 0.265. The van der Waals surface area contributed by atoms with Crippen LogP contribution in [-0.4, -0.2) is 14.5 Å². The summed E-state index contributed by atoms with van der Waals surface area (Å²) in [6, 6.07) is 17.2. The van der Waals surface area contributed by atoms with Crippen LogP contribution in [0.4, 0.5) is 0 Å². The summed E-state index contributed by atoms with van der Waals surface area (Å²) >= 11 is 0. The number of sulfonamides is 1. The van der Waals surface area contributed by atoms with Gasteiger partial charge >= 0.3 is 0 Å². The fourth-order valence-corrected chi connectivity index (χ4v) is 4.50. The largest absolute Gasteiger partial charge is 0.240 e. The van der Waals surface area contributed by atoms with Crippen molar-refractivity contribution in [1.82, 2.24) is 4.72 Å². The van der Waals surface area contributed by atoms with E-state index >= 15 is 0 Å². The molecule has 1 aliphatic rings. The van der Waals surface area contributed by atoms with Gasteiger partial charge in [-0.25, -0.2) is 13.1 Å². The molecule has 1 fully saturated rings. The molecule has 0 heterocycles. The lowest BCUT2D eigenvalue weighted by atomic mass is 9.95. The predicted octanol–water partition coefficient (Wildman–Crippen LogP) is 3.61. The summed E-state index contributed by atoms with van der Waals surface area (Å²) in [6.07, 6.45) is 2.98. The molecule has 0 bridgehead atoms. The molecule has 0 spiro atoms. The minimum absolute atomic E-state index is 0.0197. The summed E-state index contributed by atoms with van der Waals surface area (Å²) in [5.41, 5.74) is 2.28. The monoisotopic (exact) mass is 315 g/mol. The van der Waals surface area contributed by atoms with Gasteiger partial charge in [-0.05, 0) is 37.5 Å². The van der Waals surface area contributed by atoms with Gasteiger partial charge in [0.2, 0.25) is 10.0 Å². The molecule has 4 heteroatoms. The van der Waals surface area contributed by atoms with Gasteiger partial charge in [-0.15, -0.1) is 0 Å². The normalized spacial score (nSPS) is 21.9. The van der Waals surface area contributed by atoms with E-state index in [9.17, 15) is 8.42 Å². The van der Waals surface area contributed by atoms with Crippen molar-refractivity contribution in [3.05, 3.63) is 65.7 Å². The van der Waals surface area contributed by atoms with Crippen LogP contribution < -0.4 is 4.72 Å². The summed E-state index contributed by atoms with van der Waals surface area (Å²) in [5, 5.41) is 0. The molecule has 0 radical (unpaired) electrons. The third-order valence-corrected chi connectivity index (χ3v) is 5.89. The van der Waals surface area contributed by atoms with E-state index in [0.29, 0.717) is 4.90 Å². The Morgan fingerprint density at radius 3 is 2.32 bits per heavy atom. The third kappa shape index (κ3) is 3.23. The lowest BCUT2D eigenvalue weighted by Crippen LogP contribution is -2.36. The van der Waals surface area contributed by atoms with Gasteiger partial charge in [0.25, 0.3) is 0 Å². The second-order valence-electron chi connectivity index (χ2n) is 5.99. The first-order valence-electron chi connectivity index (χ1n) is 7.70. The van der Waals surface area contributed by atoms with Crippen LogP contribution in [0.3, 0.4) is 0 Å². The molecular formula is C18H21NO2S. The lowest BCUT2D eigenvalue weighted by Gasteiger charge is -2.21. The third-order valence-electron chi connectivity index (χ3n) is 4.38. The Balaban J connectivity index is 1.81. The second-order valence-corrected chi connectivity index (χ2v) is 7.70. The molecule has 22 heavy (non-hydrogen) atoms. The van der Waals surface area contributed by atoms with Gasteiger partial charge in [0.05, 0.1) is 4.90 Å². The quantitative estimate of drug-likeness (QED) is 0.937. The molecule has 0 saturated heterocycles. The van der Waals surface area contributed by atoms with Crippen LogP contribution >= 0.6 is 0 Å². The number of nitrogens with one attached hydrogen (secondary N) is 1. The standard InChI is InChI=1S/C18H21NO2S/c1-14-10-12-16(13-11-14)22(20,21)19-18-9-5-8-17(18)15-6-3-2-4-7-15/h2-4,6-7,10-13,17-19H,5,8-9H2,1H3/t17?,18-/m1/s1. The van der Waals surface area contributed by atoms with Crippen molar-refractivity contribution in [3.8, 4) is 0 Å². The average molecular weight is 315 g/mol. The van der Waals surface area contributed by atoms with E-state index in [1.165, 1.54) is 5.56 Å². The maximum atomic E-state index is 12.6. The van der Waals surface area contributed by atoms with Gasteiger partial charge < -0.3 is 0 Å². The Kier molecular flexibility index (Phi) is 4.32. The van der Waals surface area contributed by atoms with Crippen LogP contribution in [0, 0.1) is 6.92 Å². The predicted molar refractivity (Wildman–Crippen MR) is 88.3 cm³/mol. The highest BCUT2D eigenvalue weighted by atomic mass is 32.2. The van der Waals surface area contributed by atoms with Gasteiger partial charge in [0.15, 0.2) is 0 Å². The van der Waals surface area contributed by atoms with Crippen LogP contribution in [0.1, 0.15) is 36.3 Å². The molecule has 0 amide bonds. The van der Waals surface area contributed by atoms with Crippen molar-refractivity contribution in [2.75, 3.05) is 0 Å². The highest BCUT2D eigenvalue weighted by Gasteiger charge is 2.32. The van der Waals surface area contributed by atoms with E-state index in [1.54, 1.807) is 12.1 Å². The fraction of sp³-hybridized carbons (Fsp3) is 0.333. The van der Waals surface area contributed by atoms with E-state index in [1.807, 2.05) is 37.3 Å². The topological polar surface area (TPSA) is 46.2 Å². The van der Waals surface area contributed by atoms with Crippen molar-refractivity contribution in [2.45, 2.75) is 43.0 Å². The Morgan fingerprint density at radius 1 is 0.955 bits per heavy atom. The van der Waals surface area contributed by atoms with E-state index in [2.05, 4.69) is 16.9 Å². The molecule has 3 rings (SSSR count). The first kappa shape index (κ1) is 15.3. The van der Waals surface area contributed by atoms with Crippen molar-refractivity contribution >= 4 is 10.0 Å². The molecule has 1 aliphatic carbocycles. The smallest absolute Gasteiger partial charge is 0.207 e. The summed E-state index contributed by atoms with van der Waals surface area (Å²) < 4.78 is 28.0. The Labute approximate surface area is 132 Å². The Bertz CT molecular complexity index is 723. The molecular weight excluding hydrogens is 294 g/mol. The highest BCUT2D eigenvalue weighted by Crippen LogP contribution is 2.35. The molecule has 2 atom stereocenters. The number of benzene rings is 2. The van der Waals surface area contributed by atoms with Gasteiger partial charge in [-0.1, -0.05) is 54.4 Å². The van der Waals surface area contributed by atoms with Crippen LogP contribution in [0.2, 0.25) is 0 Å². The Hall–Kier alpha value is -1.65. The second kappa shape index (κ2) is 6.23. The van der Waals surface area contributed by atoms with E-state index in [0.717, 1.165) is 24.8 Å². The minimum Gasteiger partial charge on any atom is -0.207 e. The van der Waals surface area contributed by atoms with E-state index in [4.69, 9.17) is 0 Å². The Morgan fingerprint density at radius 2 is 1.64 bits per heavy atom. The van der Waals surface area contributed by atoms with Gasteiger partial charge in [0, 0.05) is 12.0 Å². The summed E-state index contributed by atoms with van der Waals surface area (Å²) in [4.78, 5) is 0.344. The number of hydrogen-bond acceptors (Lipinski definition) is 2. The highest BCUT2D eigenvalue weighted by molar-refractivity contribution is 7.89. The van der Waals surface area contributed by atoms with Crippen molar-refractivity contribution in [3.63, 3.8) is 0 Å². The van der Waals surface area contributed by atoms with Crippen molar-refractivity contribution in [1.29, 1.82) is 0 Å². The molecule has 2 aromatic carbocycles. The zero-order valence-corrected chi connectivity index (χ0v) is 13.5.